The van der Waals surface area contributed by atoms with E-state index < -0.39 is 11.3 Å². The molecule has 0 spiro atoms. The fraction of sp³-hybridized carbons (Fsp3) is 0.0435. The molecule has 0 saturated heterocycles. The van der Waals surface area contributed by atoms with E-state index in [4.69, 9.17) is 30.4 Å². The Morgan fingerprint density at radius 2 is 1.37 bits per heavy atom. The van der Waals surface area contributed by atoms with Crippen LogP contribution in [0.2, 0.25) is 0 Å². The van der Waals surface area contributed by atoms with Crippen LogP contribution in [-0.4, -0.2) is 65.9 Å². The van der Waals surface area contributed by atoms with Gasteiger partial charge in [0.2, 0.25) is 0 Å². The lowest BCUT2D eigenvalue weighted by Gasteiger charge is -2.45. The van der Waals surface area contributed by atoms with Crippen LogP contribution in [0, 0.1) is 0 Å². The second kappa shape index (κ2) is 12.9. The average Bonchev–Trinajstić information content (AvgIpc) is 4.16. The molecule has 7 aromatic heterocycles. The van der Waals surface area contributed by atoms with E-state index in [0.29, 0.717) is 22.9 Å². The maximum atomic E-state index is 5.49. The Bertz CT molecular complexity index is 3340. The Labute approximate surface area is 334 Å². The standard InChI is InChI=1S/C46H31N13/c1-4-15-29-26(12-1)24-36(50-29)38-39(34-21-11-23-48-53-34)41(35-20-9-10-22-47-35)46(37-25-49-59-56-37,45-51-32-18-7-8-19-33(32)52-45)42(44-28-14-3-6-17-31(28)55-58-44)40(38)43-27-13-2-5-16-30(27)54-57-43/h1-25,42,50H,(H,51,52)(H,54,57)(H,55,58)(H,49,56,59). The number of H-pyrrole nitrogens is 5. The fourth-order valence-electron chi connectivity index (χ4n) is 9.15. The van der Waals surface area contributed by atoms with Gasteiger partial charge in [-0.05, 0) is 60.7 Å². The van der Waals surface area contributed by atoms with Crippen molar-refractivity contribution in [1.82, 2.24) is 65.9 Å². The molecule has 59 heavy (non-hydrogen) atoms. The zero-order valence-electron chi connectivity index (χ0n) is 31.1. The van der Waals surface area contributed by atoms with Gasteiger partial charge in [-0.25, -0.2) is 4.98 Å². The van der Waals surface area contributed by atoms with Gasteiger partial charge >= 0.3 is 0 Å². The minimum atomic E-state index is -1.33. The van der Waals surface area contributed by atoms with E-state index in [2.05, 4.69) is 65.9 Å². The summed E-state index contributed by atoms with van der Waals surface area (Å²) in [5, 5.41) is 41.9. The van der Waals surface area contributed by atoms with E-state index in [0.717, 1.165) is 83.1 Å². The van der Waals surface area contributed by atoms with Gasteiger partial charge in [-0.1, -0.05) is 72.8 Å². The van der Waals surface area contributed by atoms with Crippen molar-refractivity contribution in [1.29, 1.82) is 0 Å². The van der Waals surface area contributed by atoms with Crippen LogP contribution in [0.15, 0.2) is 152 Å². The minimum absolute atomic E-state index is 0.593. The molecule has 2 unspecified atom stereocenters. The first-order valence-corrected chi connectivity index (χ1v) is 19.2. The van der Waals surface area contributed by atoms with Crippen LogP contribution in [0.4, 0.5) is 0 Å². The number of nitrogens with zero attached hydrogens (tertiary/aromatic N) is 8. The van der Waals surface area contributed by atoms with Gasteiger partial charge < -0.3 is 9.97 Å². The summed E-state index contributed by atoms with van der Waals surface area (Å²) in [5.41, 5.74) is 10.6. The monoisotopic (exact) mass is 765 g/mol. The lowest BCUT2D eigenvalue weighted by atomic mass is 9.55. The Morgan fingerprint density at radius 3 is 2.17 bits per heavy atom. The fourth-order valence-corrected chi connectivity index (χ4v) is 9.15. The Hall–Kier alpha value is -8.32. The number of benzene rings is 4. The number of hydrogen-bond acceptors (Lipinski definition) is 8. The summed E-state index contributed by atoms with van der Waals surface area (Å²) >= 11 is 0. The van der Waals surface area contributed by atoms with Gasteiger partial charge in [0, 0.05) is 62.1 Å². The molecular formula is C46H31N13. The van der Waals surface area contributed by atoms with Crippen molar-refractivity contribution in [3.05, 3.63) is 192 Å². The van der Waals surface area contributed by atoms with E-state index in [9.17, 15) is 0 Å². The lowest BCUT2D eigenvalue weighted by Crippen LogP contribution is -2.42. The molecule has 5 N–H and O–H groups in total. The van der Waals surface area contributed by atoms with Gasteiger partial charge in [-0.15, -0.1) is 0 Å². The molecule has 280 valence electrons. The highest BCUT2D eigenvalue weighted by Gasteiger charge is 2.59. The van der Waals surface area contributed by atoms with Gasteiger partial charge in [-0.2, -0.15) is 35.8 Å². The Morgan fingerprint density at radius 1 is 0.593 bits per heavy atom. The van der Waals surface area contributed by atoms with Crippen molar-refractivity contribution in [3.8, 4) is 0 Å². The van der Waals surface area contributed by atoms with Crippen LogP contribution in [0.25, 0.3) is 66.0 Å². The number of aromatic amines is 5. The topological polar surface area (TPSA) is 182 Å². The second-order valence-electron chi connectivity index (χ2n) is 14.6. The van der Waals surface area contributed by atoms with E-state index in [1.165, 1.54) is 0 Å². The number of nitrogens with one attached hydrogen (secondary N) is 5. The van der Waals surface area contributed by atoms with E-state index >= 15 is 0 Å². The predicted molar refractivity (Wildman–Crippen MR) is 226 cm³/mol. The van der Waals surface area contributed by atoms with Gasteiger partial charge in [0.25, 0.3) is 0 Å². The third-order valence-corrected chi connectivity index (χ3v) is 11.5. The van der Waals surface area contributed by atoms with Crippen LogP contribution < -0.4 is 0 Å². The van der Waals surface area contributed by atoms with Crippen LogP contribution in [0.3, 0.4) is 0 Å². The molecule has 13 nitrogen and oxygen atoms in total. The molecule has 1 aliphatic carbocycles. The summed E-state index contributed by atoms with van der Waals surface area (Å²) in [4.78, 5) is 18.3. The normalized spacial score (nSPS) is 17.3. The number of rotatable bonds is 7. The van der Waals surface area contributed by atoms with Gasteiger partial charge in [0.15, 0.2) is 0 Å². The highest BCUT2D eigenvalue weighted by Crippen LogP contribution is 2.65. The van der Waals surface area contributed by atoms with Crippen molar-refractivity contribution in [3.63, 3.8) is 0 Å². The third kappa shape index (κ3) is 4.84. The number of hydrogen-bond donors (Lipinski definition) is 5. The molecular weight excluding hydrogens is 735 g/mol. The average molecular weight is 766 g/mol. The highest BCUT2D eigenvalue weighted by molar-refractivity contribution is 6.27. The summed E-state index contributed by atoms with van der Waals surface area (Å²) in [6.07, 6.45) is 5.28. The molecule has 0 bridgehead atoms. The molecule has 0 fully saturated rings. The summed E-state index contributed by atoms with van der Waals surface area (Å²) < 4.78 is 0. The molecule has 0 amide bonds. The molecule has 2 atom stereocenters. The number of allylic oxidation sites excluding steroid dienone is 4. The zero-order valence-corrected chi connectivity index (χ0v) is 31.1. The molecule has 0 saturated carbocycles. The zero-order chi connectivity index (χ0) is 38.9. The molecule has 11 aromatic rings. The van der Waals surface area contributed by atoms with Gasteiger partial charge in [-0.3, -0.25) is 15.2 Å². The SMILES string of the molecule is c1ccc(C2=C(c3cccnn3)C(c3cc4ccccc4[nH]3)=C(c3n[nH]c4ccccc34)C(c3[nH]nc4ccccc34)C2(c2cn[nH]n2)c2nc3ccccc3[nH]2)nc1. The second-order valence-corrected chi connectivity index (χ2v) is 14.6. The number of imidazole rings is 1. The van der Waals surface area contributed by atoms with E-state index in [1.807, 2.05) is 109 Å². The largest absolute Gasteiger partial charge is 0.354 e. The maximum absolute atomic E-state index is 5.49. The quantitative estimate of drug-likeness (QED) is 0.107. The summed E-state index contributed by atoms with van der Waals surface area (Å²) in [6, 6.07) is 44.7. The van der Waals surface area contributed by atoms with Crippen molar-refractivity contribution in [2.75, 3.05) is 0 Å². The molecule has 7 heterocycles. The molecule has 0 radical (unpaired) electrons. The summed E-state index contributed by atoms with van der Waals surface area (Å²) in [5.74, 6) is -0.0579. The molecule has 4 aromatic carbocycles. The van der Waals surface area contributed by atoms with Crippen LogP contribution >= 0.6 is 0 Å². The van der Waals surface area contributed by atoms with Crippen molar-refractivity contribution < 1.29 is 0 Å². The first-order valence-electron chi connectivity index (χ1n) is 19.2. The highest BCUT2D eigenvalue weighted by atomic mass is 15.3. The first-order chi connectivity index (χ1) is 29.3. The van der Waals surface area contributed by atoms with Crippen LogP contribution in [-0.2, 0) is 5.41 Å². The summed E-state index contributed by atoms with van der Waals surface area (Å²) in [6.45, 7) is 0. The minimum Gasteiger partial charge on any atom is -0.354 e. The predicted octanol–water partition coefficient (Wildman–Crippen LogP) is 8.41. The van der Waals surface area contributed by atoms with Crippen LogP contribution in [0.5, 0.6) is 0 Å². The van der Waals surface area contributed by atoms with E-state index in [1.54, 1.807) is 12.4 Å². The summed E-state index contributed by atoms with van der Waals surface area (Å²) in [7, 11) is 0. The van der Waals surface area contributed by atoms with Crippen LogP contribution in [0.1, 0.15) is 45.9 Å². The molecule has 1 aliphatic rings. The number of para-hydroxylation sites is 5. The third-order valence-electron chi connectivity index (χ3n) is 11.5. The molecule has 12 rings (SSSR count). The number of pyridine rings is 1. The Balaban J connectivity index is 1.39. The van der Waals surface area contributed by atoms with Crippen molar-refractivity contribution in [2.45, 2.75) is 11.3 Å². The van der Waals surface area contributed by atoms with Crippen molar-refractivity contribution in [2.24, 2.45) is 0 Å². The van der Waals surface area contributed by atoms with E-state index in [-0.39, 0.29) is 0 Å². The van der Waals surface area contributed by atoms with Gasteiger partial charge in [0.05, 0.1) is 57.0 Å². The van der Waals surface area contributed by atoms with Gasteiger partial charge in [0.1, 0.15) is 16.9 Å². The number of fused-ring (bicyclic) bond motifs is 4. The molecule has 0 aliphatic heterocycles. The lowest BCUT2D eigenvalue weighted by molar-refractivity contribution is 0.540. The number of aromatic nitrogens is 13. The van der Waals surface area contributed by atoms with Crippen molar-refractivity contribution >= 4 is 66.0 Å². The maximum Gasteiger partial charge on any atom is 0.125 e. The molecule has 13 heteroatoms. The Kier molecular flexibility index (Phi) is 7.17. The smallest absolute Gasteiger partial charge is 0.125 e. The first kappa shape index (κ1) is 32.9.